The van der Waals surface area contributed by atoms with Gasteiger partial charge in [-0.2, -0.15) is 0 Å². The summed E-state index contributed by atoms with van der Waals surface area (Å²) in [7, 11) is -3.80. The summed E-state index contributed by atoms with van der Waals surface area (Å²) in [6.45, 7) is 0. The highest BCUT2D eigenvalue weighted by Gasteiger charge is 2.16. The van der Waals surface area contributed by atoms with Crippen LogP contribution in [0.25, 0.3) is 0 Å². The fourth-order valence-corrected chi connectivity index (χ4v) is 2.90. The lowest BCUT2D eigenvalue weighted by Gasteiger charge is -2.08. The molecule has 110 valence electrons. The van der Waals surface area contributed by atoms with Crippen molar-refractivity contribution in [1.82, 2.24) is 4.72 Å². The Labute approximate surface area is 123 Å². The number of anilines is 1. The summed E-state index contributed by atoms with van der Waals surface area (Å²) in [6.07, 6.45) is 0.448. The Bertz CT molecular complexity index is 728. The molecule has 0 bridgehead atoms. The molecule has 0 spiro atoms. The van der Waals surface area contributed by atoms with Gasteiger partial charge in [0.2, 0.25) is 5.91 Å². The maximum absolute atomic E-state index is 12.0. The number of carbonyl (C=O) groups is 1. The average molecular weight is 304 g/mol. The molecule has 0 atom stereocenters. The van der Waals surface area contributed by atoms with Gasteiger partial charge in [-0.3, -0.25) is 4.79 Å². The molecule has 0 aliphatic carbocycles. The first-order chi connectivity index (χ1) is 9.99. The third-order valence-electron chi connectivity index (χ3n) is 2.98. The first-order valence-corrected chi connectivity index (χ1v) is 7.91. The molecule has 0 aromatic heterocycles. The fraction of sp³-hybridized carbons (Fsp3) is 0.133. The molecular weight excluding hydrogens is 288 g/mol. The van der Waals surface area contributed by atoms with E-state index in [2.05, 4.69) is 4.72 Å². The van der Waals surface area contributed by atoms with Crippen LogP contribution in [0, 0.1) is 0 Å². The monoisotopic (exact) mass is 304 g/mol. The van der Waals surface area contributed by atoms with Gasteiger partial charge in [-0.05, 0) is 30.2 Å². The van der Waals surface area contributed by atoms with E-state index in [1.165, 1.54) is 12.1 Å². The summed E-state index contributed by atoms with van der Waals surface area (Å²) in [5.74, 6) is -0.554. The van der Waals surface area contributed by atoms with E-state index in [1.54, 1.807) is 30.3 Å². The molecule has 2 aromatic rings. The van der Waals surface area contributed by atoms with Gasteiger partial charge in [0.05, 0.1) is 4.90 Å². The number of aryl methyl sites for hydroxylation is 1. The summed E-state index contributed by atoms with van der Waals surface area (Å²) in [6, 6.07) is 15.0. The first kappa shape index (κ1) is 15.1. The number of benzene rings is 2. The molecular formula is C15H16N2O3S. The lowest BCUT2D eigenvalue weighted by molar-refractivity contribution is -0.119. The van der Waals surface area contributed by atoms with Crippen LogP contribution >= 0.6 is 0 Å². The molecule has 0 saturated heterocycles. The molecule has 21 heavy (non-hydrogen) atoms. The minimum absolute atomic E-state index is 0.0558. The SMILES string of the molecule is Nc1ccccc1CCC(=O)NS(=O)(=O)c1ccccc1. The molecule has 0 saturated carbocycles. The molecule has 2 aromatic carbocycles. The Morgan fingerprint density at radius 2 is 1.62 bits per heavy atom. The predicted molar refractivity (Wildman–Crippen MR) is 80.9 cm³/mol. The largest absolute Gasteiger partial charge is 0.399 e. The summed E-state index contributed by atoms with van der Waals surface area (Å²) < 4.78 is 26.0. The third-order valence-corrected chi connectivity index (χ3v) is 4.37. The maximum Gasteiger partial charge on any atom is 0.264 e. The van der Waals surface area contributed by atoms with Crippen molar-refractivity contribution in [2.24, 2.45) is 0 Å². The zero-order valence-electron chi connectivity index (χ0n) is 11.3. The molecule has 0 aliphatic rings. The molecule has 0 heterocycles. The van der Waals surface area contributed by atoms with Gasteiger partial charge in [0, 0.05) is 12.1 Å². The highest BCUT2D eigenvalue weighted by Crippen LogP contribution is 2.13. The van der Waals surface area contributed by atoms with Crippen LogP contribution in [0.15, 0.2) is 59.5 Å². The summed E-state index contributed by atoms with van der Waals surface area (Å²) in [4.78, 5) is 11.9. The normalized spacial score (nSPS) is 11.0. The number of amides is 1. The van der Waals surface area contributed by atoms with Crippen molar-refractivity contribution in [3.8, 4) is 0 Å². The van der Waals surface area contributed by atoms with Crippen LogP contribution in [0.5, 0.6) is 0 Å². The smallest absolute Gasteiger partial charge is 0.264 e. The van der Waals surface area contributed by atoms with Crippen LogP contribution in [0.3, 0.4) is 0 Å². The number of hydrogen-bond donors (Lipinski definition) is 2. The zero-order valence-corrected chi connectivity index (χ0v) is 12.1. The highest BCUT2D eigenvalue weighted by atomic mass is 32.2. The number of nitrogens with one attached hydrogen (secondary N) is 1. The summed E-state index contributed by atoms with van der Waals surface area (Å²) in [5.41, 5.74) is 7.19. The fourth-order valence-electron chi connectivity index (χ4n) is 1.87. The molecule has 5 nitrogen and oxygen atoms in total. The molecule has 0 aliphatic heterocycles. The van der Waals surface area contributed by atoms with Crippen molar-refractivity contribution in [1.29, 1.82) is 0 Å². The van der Waals surface area contributed by atoms with Crippen LogP contribution in [-0.2, 0) is 21.2 Å². The second kappa shape index (κ2) is 6.41. The minimum atomic E-state index is -3.80. The predicted octanol–water partition coefficient (Wildman–Crippen LogP) is 1.71. The second-order valence-electron chi connectivity index (χ2n) is 4.54. The Hall–Kier alpha value is -2.34. The standard InChI is InChI=1S/C15H16N2O3S/c16-14-9-5-4-6-12(14)10-11-15(18)17-21(19,20)13-7-2-1-3-8-13/h1-9H,10-11,16H2,(H,17,18). The van der Waals surface area contributed by atoms with E-state index in [0.717, 1.165) is 5.56 Å². The first-order valence-electron chi connectivity index (χ1n) is 6.43. The number of nitrogen functional groups attached to an aromatic ring is 1. The Morgan fingerprint density at radius 3 is 2.29 bits per heavy atom. The van der Waals surface area contributed by atoms with Crippen LogP contribution in [0.2, 0.25) is 0 Å². The number of rotatable bonds is 5. The molecule has 2 rings (SSSR count). The van der Waals surface area contributed by atoms with Gasteiger partial charge >= 0.3 is 0 Å². The van der Waals surface area contributed by atoms with Crippen molar-refractivity contribution in [2.75, 3.05) is 5.73 Å². The van der Waals surface area contributed by atoms with Crippen molar-refractivity contribution in [3.63, 3.8) is 0 Å². The van der Waals surface area contributed by atoms with Gasteiger partial charge in [-0.25, -0.2) is 13.1 Å². The van der Waals surface area contributed by atoms with E-state index in [9.17, 15) is 13.2 Å². The van der Waals surface area contributed by atoms with Gasteiger partial charge in [0.1, 0.15) is 0 Å². The van der Waals surface area contributed by atoms with E-state index >= 15 is 0 Å². The number of nitrogens with two attached hydrogens (primary N) is 1. The quantitative estimate of drug-likeness (QED) is 0.823. The van der Waals surface area contributed by atoms with Gasteiger partial charge in [-0.1, -0.05) is 36.4 Å². The molecule has 0 unspecified atom stereocenters. The van der Waals surface area contributed by atoms with E-state index < -0.39 is 15.9 Å². The van der Waals surface area contributed by atoms with Gasteiger partial charge in [0.15, 0.2) is 0 Å². The maximum atomic E-state index is 12.0. The zero-order chi connectivity index (χ0) is 15.3. The van der Waals surface area contributed by atoms with Crippen molar-refractivity contribution < 1.29 is 13.2 Å². The van der Waals surface area contributed by atoms with Crippen molar-refractivity contribution in [3.05, 3.63) is 60.2 Å². The average Bonchev–Trinajstić information content (AvgIpc) is 2.47. The Kier molecular flexibility index (Phi) is 4.59. The van der Waals surface area contributed by atoms with Gasteiger partial charge in [0.25, 0.3) is 10.0 Å². The Morgan fingerprint density at radius 1 is 1.00 bits per heavy atom. The molecule has 0 radical (unpaired) electrons. The van der Waals surface area contributed by atoms with Crippen molar-refractivity contribution in [2.45, 2.75) is 17.7 Å². The highest BCUT2D eigenvalue weighted by molar-refractivity contribution is 7.90. The number of sulfonamides is 1. The van der Waals surface area contributed by atoms with E-state index in [1.807, 2.05) is 12.1 Å². The van der Waals surface area contributed by atoms with Crippen LogP contribution in [-0.4, -0.2) is 14.3 Å². The number of hydrogen-bond acceptors (Lipinski definition) is 4. The topological polar surface area (TPSA) is 89.3 Å². The third kappa shape index (κ3) is 4.06. The molecule has 1 amide bonds. The van der Waals surface area contributed by atoms with E-state index in [0.29, 0.717) is 12.1 Å². The molecule has 0 fully saturated rings. The van der Waals surface area contributed by atoms with Gasteiger partial charge < -0.3 is 5.73 Å². The molecule has 3 N–H and O–H groups in total. The van der Waals surface area contributed by atoms with Crippen LogP contribution in [0.4, 0.5) is 5.69 Å². The summed E-state index contributed by atoms with van der Waals surface area (Å²) >= 11 is 0. The Balaban J connectivity index is 1.98. The minimum Gasteiger partial charge on any atom is -0.399 e. The molecule has 6 heteroatoms. The summed E-state index contributed by atoms with van der Waals surface area (Å²) in [5, 5.41) is 0. The van der Waals surface area contributed by atoms with E-state index in [-0.39, 0.29) is 11.3 Å². The second-order valence-corrected chi connectivity index (χ2v) is 6.22. The lowest BCUT2D eigenvalue weighted by atomic mass is 10.1. The number of para-hydroxylation sites is 1. The van der Waals surface area contributed by atoms with E-state index in [4.69, 9.17) is 5.73 Å². The van der Waals surface area contributed by atoms with Crippen molar-refractivity contribution >= 4 is 21.6 Å². The van der Waals surface area contributed by atoms with Crippen LogP contribution in [0.1, 0.15) is 12.0 Å². The number of carbonyl (C=O) groups excluding carboxylic acids is 1. The lowest BCUT2D eigenvalue weighted by Crippen LogP contribution is -2.30. The van der Waals surface area contributed by atoms with Gasteiger partial charge in [-0.15, -0.1) is 0 Å². The van der Waals surface area contributed by atoms with Crippen LogP contribution < -0.4 is 10.5 Å².